The summed E-state index contributed by atoms with van der Waals surface area (Å²) in [6.45, 7) is 2.98. The van der Waals surface area contributed by atoms with Crippen molar-refractivity contribution in [3.63, 3.8) is 0 Å². The zero-order valence-corrected chi connectivity index (χ0v) is 17.3. The number of β-amino-alcohol motifs (C(OH)–C–C–N with tert-alkyl or cyclic N) is 1. The molecule has 1 amide bonds. The zero-order valence-electron chi connectivity index (χ0n) is 17.3. The number of rotatable bonds is 6. The number of benzene rings is 2. The summed E-state index contributed by atoms with van der Waals surface area (Å²) >= 11 is 0. The molecule has 4 rings (SSSR count). The van der Waals surface area contributed by atoms with E-state index >= 15 is 0 Å². The fourth-order valence-electron chi connectivity index (χ4n) is 3.78. The van der Waals surface area contributed by atoms with Crippen molar-refractivity contribution in [1.29, 1.82) is 0 Å². The van der Waals surface area contributed by atoms with Gasteiger partial charge < -0.3 is 23.9 Å². The van der Waals surface area contributed by atoms with E-state index in [-0.39, 0.29) is 18.2 Å². The smallest absolute Gasteiger partial charge is 0.275 e. The van der Waals surface area contributed by atoms with Gasteiger partial charge in [-0.25, -0.2) is 4.98 Å². The fraction of sp³-hybridized carbons (Fsp3) is 0.391. The Hall–Kier alpha value is -3.06. The highest BCUT2D eigenvalue weighted by atomic mass is 16.5. The highest BCUT2D eigenvalue weighted by Crippen LogP contribution is 2.27. The van der Waals surface area contributed by atoms with Crippen LogP contribution in [0.3, 0.4) is 0 Å². The third-order valence-electron chi connectivity index (χ3n) is 5.65. The average molecular weight is 410 g/mol. The van der Waals surface area contributed by atoms with E-state index in [4.69, 9.17) is 13.9 Å². The second-order valence-corrected chi connectivity index (χ2v) is 7.70. The number of piperidine rings is 1. The third kappa shape index (κ3) is 4.26. The number of fused-ring (bicyclic) bond motifs is 1. The van der Waals surface area contributed by atoms with Crippen LogP contribution in [0.25, 0.3) is 10.8 Å². The van der Waals surface area contributed by atoms with Crippen LogP contribution in [0.1, 0.15) is 42.6 Å². The maximum atomic E-state index is 12.7. The summed E-state index contributed by atoms with van der Waals surface area (Å²) in [6.07, 6.45) is 3.46. The Balaban J connectivity index is 1.41. The molecule has 1 aromatic heterocycles. The van der Waals surface area contributed by atoms with E-state index in [0.717, 1.165) is 22.9 Å². The molecule has 3 aromatic rings. The van der Waals surface area contributed by atoms with Crippen LogP contribution in [0.2, 0.25) is 0 Å². The molecule has 1 aliphatic heterocycles. The van der Waals surface area contributed by atoms with E-state index in [1.165, 1.54) is 6.26 Å². The van der Waals surface area contributed by atoms with Crippen LogP contribution in [0.5, 0.6) is 11.5 Å². The van der Waals surface area contributed by atoms with Crippen LogP contribution >= 0.6 is 0 Å². The minimum atomic E-state index is -0.817. The summed E-state index contributed by atoms with van der Waals surface area (Å²) in [7, 11) is 1.63. The lowest BCUT2D eigenvalue weighted by atomic mass is 9.90. The fourth-order valence-corrected chi connectivity index (χ4v) is 3.78. The minimum Gasteiger partial charge on any atom is -0.497 e. The molecule has 2 heterocycles. The van der Waals surface area contributed by atoms with Crippen LogP contribution in [0.4, 0.5) is 0 Å². The SMILES string of the molecule is CC[C@]1(O)CCCN(C(=O)c2coc(COc3ccc4ccc(OC)cc4c3)n2)C1. The topological polar surface area (TPSA) is 85.0 Å². The molecule has 7 heteroatoms. The number of aliphatic hydroxyl groups is 1. The first-order chi connectivity index (χ1) is 14.5. The average Bonchev–Trinajstić information content (AvgIpc) is 3.25. The summed E-state index contributed by atoms with van der Waals surface area (Å²) in [4.78, 5) is 18.7. The van der Waals surface area contributed by atoms with Crippen LogP contribution in [0, 0.1) is 0 Å². The van der Waals surface area contributed by atoms with E-state index in [2.05, 4.69) is 4.98 Å². The van der Waals surface area contributed by atoms with Gasteiger partial charge in [-0.15, -0.1) is 0 Å². The van der Waals surface area contributed by atoms with Crippen molar-refractivity contribution >= 4 is 16.7 Å². The van der Waals surface area contributed by atoms with Gasteiger partial charge in [0.05, 0.1) is 12.7 Å². The Morgan fingerprint density at radius 1 is 1.23 bits per heavy atom. The maximum absolute atomic E-state index is 12.7. The van der Waals surface area contributed by atoms with Gasteiger partial charge in [-0.05, 0) is 54.3 Å². The van der Waals surface area contributed by atoms with E-state index in [1.54, 1.807) is 12.0 Å². The number of aromatic nitrogens is 1. The van der Waals surface area contributed by atoms with Crippen LogP contribution in [-0.2, 0) is 6.61 Å². The van der Waals surface area contributed by atoms with E-state index in [0.29, 0.717) is 37.6 Å². The standard InChI is InChI=1S/C23H26N2O5/c1-3-23(27)9-4-10-25(15-23)22(26)20-13-30-21(24-20)14-29-19-8-6-16-5-7-18(28-2)11-17(16)12-19/h5-8,11-13,27H,3-4,9-10,14-15H2,1-2H3/t23-/m0/s1. The predicted molar refractivity (Wildman–Crippen MR) is 112 cm³/mol. The van der Waals surface area contributed by atoms with Crippen molar-refractivity contribution < 1.29 is 23.8 Å². The van der Waals surface area contributed by atoms with Crippen molar-refractivity contribution in [2.45, 2.75) is 38.4 Å². The molecule has 0 radical (unpaired) electrons. The van der Waals surface area contributed by atoms with Gasteiger partial charge in [-0.3, -0.25) is 4.79 Å². The van der Waals surface area contributed by atoms with Crippen molar-refractivity contribution in [2.75, 3.05) is 20.2 Å². The van der Waals surface area contributed by atoms with Gasteiger partial charge in [0.1, 0.15) is 17.8 Å². The molecule has 158 valence electrons. The lowest BCUT2D eigenvalue weighted by Gasteiger charge is -2.38. The molecule has 30 heavy (non-hydrogen) atoms. The molecule has 0 saturated carbocycles. The first kappa shape index (κ1) is 20.2. The number of hydrogen-bond acceptors (Lipinski definition) is 6. The van der Waals surface area contributed by atoms with Gasteiger partial charge in [0.2, 0.25) is 5.89 Å². The molecule has 1 aliphatic rings. The van der Waals surface area contributed by atoms with Crippen LogP contribution in [-0.4, -0.2) is 46.7 Å². The van der Waals surface area contributed by atoms with Crippen molar-refractivity contribution in [3.8, 4) is 11.5 Å². The largest absolute Gasteiger partial charge is 0.497 e. The molecule has 1 saturated heterocycles. The van der Waals surface area contributed by atoms with Crippen molar-refractivity contribution in [1.82, 2.24) is 9.88 Å². The Labute approximate surface area is 175 Å². The number of likely N-dealkylation sites (tertiary alicyclic amines) is 1. The molecule has 1 atom stereocenters. The number of carbonyl (C=O) groups excluding carboxylic acids is 1. The quantitative estimate of drug-likeness (QED) is 0.665. The molecule has 7 nitrogen and oxygen atoms in total. The van der Waals surface area contributed by atoms with Gasteiger partial charge in [0.25, 0.3) is 5.91 Å². The molecule has 0 aliphatic carbocycles. The molecule has 1 N–H and O–H groups in total. The highest BCUT2D eigenvalue weighted by Gasteiger charge is 2.34. The monoisotopic (exact) mass is 410 g/mol. The Kier molecular flexibility index (Phi) is 5.63. The molecule has 0 unspecified atom stereocenters. The lowest BCUT2D eigenvalue weighted by molar-refractivity contribution is -0.0271. The number of ether oxygens (including phenoxy) is 2. The summed E-state index contributed by atoms with van der Waals surface area (Å²) in [5.74, 6) is 1.55. The summed E-state index contributed by atoms with van der Waals surface area (Å²) in [5, 5.41) is 12.6. The third-order valence-corrected chi connectivity index (χ3v) is 5.65. The Morgan fingerprint density at radius 3 is 2.77 bits per heavy atom. The highest BCUT2D eigenvalue weighted by molar-refractivity contribution is 5.92. The lowest BCUT2D eigenvalue weighted by Crippen LogP contribution is -2.50. The second kappa shape index (κ2) is 8.36. The summed E-state index contributed by atoms with van der Waals surface area (Å²) < 4.78 is 16.5. The maximum Gasteiger partial charge on any atom is 0.275 e. The van der Waals surface area contributed by atoms with E-state index < -0.39 is 5.60 Å². The van der Waals surface area contributed by atoms with Gasteiger partial charge in [-0.1, -0.05) is 19.1 Å². The van der Waals surface area contributed by atoms with Crippen LogP contribution in [0.15, 0.2) is 47.1 Å². The number of oxazole rings is 1. The predicted octanol–water partition coefficient (Wildman–Crippen LogP) is 3.79. The van der Waals surface area contributed by atoms with Crippen LogP contribution < -0.4 is 9.47 Å². The first-order valence-electron chi connectivity index (χ1n) is 10.2. The number of carbonyl (C=O) groups is 1. The molecule has 1 fully saturated rings. The van der Waals surface area contributed by atoms with Crippen molar-refractivity contribution in [2.24, 2.45) is 0 Å². The Bertz CT molecular complexity index is 1050. The molecule has 0 bridgehead atoms. The summed E-state index contributed by atoms with van der Waals surface area (Å²) in [5.41, 5.74) is -0.584. The van der Waals surface area contributed by atoms with Gasteiger partial charge in [0.15, 0.2) is 12.3 Å². The zero-order chi connectivity index (χ0) is 21.1. The number of amides is 1. The van der Waals surface area contributed by atoms with Crippen molar-refractivity contribution in [3.05, 3.63) is 54.2 Å². The summed E-state index contributed by atoms with van der Waals surface area (Å²) in [6, 6.07) is 11.6. The molecule has 0 spiro atoms. The molecule has 2 aromatic carbocycles. The normalized spacial score (nSPS) is 19.1. The number of methoxy groups -OCH3 is 1. The number of nitrogens with zero attached hydrogens (tertiary/aromatic N) is 2. The first-order valence-corrected chi connectivity index (χ1v) is 10.2. The van der Waals surface area contributed by atoms with Gasteiger partial charge >= 0.3 is 0 Å². The minimum absolute atomic E-state index is 0.113. The van der Waals surface area contributed by atoms with Gasteiger partial charge in [-0.2, -0.15) is 0 Å². The molecular weight excluding hydrogens is 384 g/mol. The Morgan fingerprint density at radius 2 is 2.00 bits per heavy atom. The second-order valence-electron chi connectivity index (χ2n) is 7.70. The van der Waals surface area contributed by atoms with E-state index in [9.17, 15) is 9.90 Å². The number of hydrogen-bond donors (Lipinski definition) is 1. The molecular formula is C23H26N2O5. The van der Waals surface area contributed by atoms with E-state index in [1.807, 2.05) is 43.3 Å². The van der Waals surface area contributed by atoms with Gasteiger partial charge in [0, 0.05) is 13.1 Å².